The minimum absolute atomic E-state index is 0.0903. The van der Waals surface area contributed by atoms with Gasteiger partial charge < -0.3 is 14.2 Å². The summed E-state index contributed by atoms with van der Waals surface area (Å²) in [6.07, 6.45) is 0.386. The summed E-state index contributed by atoms with van der Waals surface area (Å²) in [4.78, 5) is 11.9. The number of hydrogen-bond donors (Lipinski definition) is 0. The first-order chi connectivity index (χ1) is 8.69. The maximum absolute atomic E-state index is 11.9. The van der Waals surface area contributed by atoms with Crippen LogP contribution in [0.2, 0.25) is 0 Å². The second-order valence-electron chi connectivity index (χ2n) is 3.96. The number of carbonyl (C=O) groups is 1. The molecule has 0 aromatic heterocycles. The maximum Gasteiger partial charge on any atom is 0.165 e. The number of ketones is 1. The van der Waals surface area contributed by atoms with Crippen molar-refractivity contribution in [1.82, 2.24) is 0 Å². The number of aryl methyl sites for hydroxylation is 1. The Hall–Kier alpha value is -1.39. The van der Waals surface area contributed by atoms with Crippen LogP contribution >= 0.6 is 0 Å². The van der Waals surface area contributed by atoms with Crippen LogP contribution < -0.4 is 4.74 Å². The van der Waals surface area contributed by atoms with E-state index in [1.54, 1.807) is 26.4 Å². The van der Waals surface area contributed by atoms with E-state index in [4.69, 9.17) is 14.2 Å². The monoisotopic (exact) mass is 252 g/mol. The van der Waals surface area contributed by atoms with E-state index in [1.807, 2.05) is 13.0 Å². The van der Waals surface area contributed by atoms with Crippen molar-refractivity contribution >= 4 is 5.78 Å². The molecule has 0 aliphatic carbocycles. The fourth-order valence-electron chi connectivity index (χ4n) is 1.62. The highest BCUT2D eigenvalue weighted by atomic mass is 16.5. The Labute approximate surface area is 108 Å². The second-order valence-corrected chi connectivity index (χ2v) is 3.96. The zero-order valence-corrected chi connectivity index (χ0v) is 11.2. The number of methoxy groups -OCH3 is 2. The summed E-state index contributed by atoms with van der Waals surface area (Å²) in [6.45, 7) is 3.40. The molecule has 0 aliphatic rings. The van der Waals surface area contributed by atoms with Gasteiger partial charge in [-0.25, -0.2) is 0 Å². The van der Waals surface area contributed by atoms with Crippen molar-refractivity contribution in [1.29, 1.82) is 0 Å². The topological polar surface area (TPSA) is 44.8 Å². The lowest BCUT2D eigenvalue weighted by molar-refractivity contribution is 0.0641. The van der Waals surface area contributed by atoms with Crippen LogP contribution in [0.3, 0.4) is 0 Å². The summed E-state index contributed by atoms with van der Waals surface area (Å²) < 4.78 is 15.2. The minimum Gasteiger partial charge on any atom is -0.497 e. The van der Waals surface area contributed by atoms with Gasteiger partial charge in [0.15, 0.2) is 5.78 Å². The quantitative estimate of drug-likeness (QED) is 0.526. The van der Waals surface area contributed by atoms with E-state index in [0.29, 0.717) is 26.2 Å². The van der Waals surface area contributed by atoms with Gasteiger partial charge in [-0.15, -0.1) is 0 Å². The van der Waals surface area contributed by atoms with Crippen LogP contribution in [0.4, 0.5) is 0 Å². The summed E-state index contributed by atoms with van der Waals surface area (Å²) in [7, 11) is 3.23. The summed E-state index contributed by atoms with van der Waals surface area (Å²) in [5, 5.41) is 0. The van der Waals surface area contributed by atoms with Crippen molar-refractivity contribution in [3.63, 3.8) is 0 Å². The number of ether oxygens (including phenoxy) is 3. The molecule has 1 rings (SSSR count). The molecule has 0 N–H and O–H groups in total. The molecule has 18 heavy (non-hydrogen) atoms. The van der Waals surface area contributed by atoms with Crippen LogP contribution in [0.5, 0.6) is 5.75 Å². The molecular weight excluding hydrogens is 232 g/mol. The van der Waals surface area contributed by atoms with Gasteiger partial charge in [0.05, 0.1) is 26.9 Å². The highest BCUT2D eigenvalue weighted by Crippen LogP contribution is 2.18. The van der Waals surface area contributed by atoms with Crippen LogP contribution in [-0.4, -0.2) is 39.8 Å². The predicted molar refractivity (Wildman–Crippen MR) is 69.4 cm³/mol. The van der Waals surface area contributed by atoms with Crippen molar-refractivity contribution in [3.8, 4) is 5.75 Å². The largest absolute Gasteiger partial charge is 0.497 e. The van der Waals surface area contributed by atoms with Crippen LogP contribution in [-0.2, 0) is 9.47 Å². The normalized spacial score (nSPS) is 10.4. The fourth-order valence-corrected chi connectivity index (χ4v) is 1.62. The van der Waals surface area contributed by atoms with E-state index >= 15 is 0 Å². The van der Waals surface area contributed by atoms with Gasteiger partial charge in [-0.1, -0.05) is 0 Å². The Bertz CT molecular complexity index is 387. The van der Waals surface area contributed by atoms with Gasteiger partial charge in [0.25, 0.3) is 0 Å². The molecule has 4 nitrogen and oxygen atoms in total. The first-order valence-corrected chi connectivity index (χ1v) is 5.93. The Kier molecular flexibility index (Phi) is 6.39. The van der Waals surface area contributed by atoms with Gasteiger partial charge in [0.1, 0.15) is 5.75 Å². The molecule has 1 aromatic carbocycles. The molecule has 0 bridgehead atoms. The van der Waals surface area contributed by atoms with Crippen molar-refractivity contribution in [3.05, 3.63) is 29.3 Å². The Morgan fingerprint density at radius 1 is 1.17 bits per heavy atom. The highest BCUT2D eigenvalue weighted by molar-refractivity contribution is 5.97. The Morgan fingerprint density at radius 2 is 1.94 bits per heavy atom. The lowest BCUT2D eigenvalue weighted by atomic mass is 10.0. The summed E-state index contributed by atoms with van der Waals surface area (Å²) in [5.41, 5.74) is 1.65. The molecule has 0 saturated heterocycles. The summed E-state index contributed by atoms with van der Waals surface area (Å²) in [6, 6.07) is 5.46. The summed E-state index contributed by atoms with van der Waals surface area (Å²) >= 11 is 0. The molecule has 0 amide bonds. The number of hydrogen-bond acceptors (Lipinski definition) is 4. The number of Topliss-reactive ketones (excluding diaryl/α,β-unsaturated/α-hetero) is 1. The second kappa shape index (κ2) is 7.84. The third-order valence-corrected chi connectivity index (χ3v) is 2.64. The predicted octanol–water partition coefficient (Wildman–Crippen LogP) is 2.24. The Balaban J connectivity index is 2.46. The van der Waals surface area contributed by atoms with Crippen molar-refractivity contribution in [2.24, 2.45) is 0 Å². The van der Waals surface area contributed by atoms with E-state index in [0.717, 1.165) is 16.9 Å². The van der Waals surface area contributed by atoms with E-state index in [1.165, 1.54) is 0 Å². The van der Waals surface area contributed by atoms with Gasteiger partial charge >= 0.3 is 0 Å². The molecule has 0 spiro atoms. The van der Waals surface area contributed by atoms with Crippen LogP contribution in [0.25, 0.3) is 0 Å². The van der Waals surface area contributed by atoms with Gasteiger partial charge in [-0.05, 0) is 30.7 Å². The number of rotatable bonds is 8. The molecule has 0 aliphatic heterocycles. The fraction of sp³-hybridized carbons (Fsp3) is 0.500. The third-order valence-electron chi connectivity index (χ3n) is 2.64. The lowest BCUT2D eigenvalue weighted by Gasteiger charge is -2.07. The molecule has 1 aromatic rings. The molecule has 0 atom stereocenters. The Morgan fingerprint density at radius 3 is 2.56 bits per heavy atom. The van der Waals surface area contributed by atoms with Gasteiger partial charge in [0, 0.05) is 19.1 Å². The highest BCUT2D eigenvalue weighted by Gasteiger charge is 2.09. The van der Waals surface area contributed by atoms with Crippen molar-refractivity contribution < 1.29 is 19.0 Å². The first-order valence-electron chi connectivity index (χ1n) is 5.93. The van der Waals surface area contributed by atoms with E-state index in [9.17, 15) is 4.79 Å². The van der Waals surface area contributed by atoms with Crippen LogP contribution in [0.1, 0.15) is 22.3 Å². The van der Waals surface area contributed by atoms with E-state index < -0.39 is 0 Å². The molecule has 0 unspecified atom stereocenters. The molecule has 0 fully saturated rings. The maximum atomic E-state index is 11.9. The lowest BCUT2D eigenvalue weighted by Crippen LogP contribution is -2.09. The molecular formula is C14H20O4. The average molecular weight is 252 g/mol. The van der Waals surface area contributed by atoms with E-state index in [-0.39, 0.29) is 5.78 Å². The molecule has 4 heteroatoms. The van der Waals surface area contributed by atoms with Crippen molar-refractivity contribution in [2.45, 2.75) is 13.3 Å². The minimum atomic E-state index is 0.0903. The number of benzene rings is 1. The SMILES string of the molecule is COCCOCCC(=O)c1ccc(OC)cc1C. The zero-order chi connectivity index (χ0) is 13.4. The number of carbonyl (C=O) groups excluding carboxylic acids is 1. The third kappa shape index (κ3) is 4.47. The summed E-state index contributed by atoms with van der Waals surface area (Å²) in [5.74, 6) is 0.855. The average Bonchev–Trinajstić information content (AvgIpc) is 2.38. The molecule has 0 radical (unpaired) electrons. The molecule has 0 heterocycles. The van der Waals surface area contributed by atoms with Crippen LogP contribution in [0, 0.1) is 6.92 Å². The van der Waals surface area contributed by atoms with Gasteiger partial charge in [0.2, 0.25) is 0 Å². The standard InChI is InChI=1S/C14H20O4/c1-11-10-12(17-3)4-5-13(11)14(15)6-7-18-9-8-16-2/h4-5,10H,6-9H2,1-3H3. The first kappa shape index (κ1) is 14.7. The zero-order valence-electron chi connectivity index (χ0n) is 11.2. The van der Waals surface area contributed by atoms with Gasteiger partial charge in [-0.2, -0.15) is 0 Å². The van der Waals surface area contributed by atoms with Crippen LogP contribution in [0.15, 0.2) is 18.2 Å². The van der Waals surface area contributed by atoms with E-state index in [2.05, 4.69) is 0 Å². The van der Waals surface area contributed by atoms with Gasteiger partial charge in [-0.3, -0.25) is 4.79 Å². The molecule has 0 saturated carbocycles. The smallest absolute Gasteiger partial charge is 0.165 e. The van der Waals surface area contributed by atoms with Crippen molar-refractivity contribution in [2.75, 3.05) is 34.0 Å². The molecule has 100 valence electrons.